The van der Waals surface area contributed by atoms with Gasteiger partial charge >= 0.3 is 0 Å². The molecule has 0 unspecified atom stereocenters. The minimum atomic E-state index is -3.69. The SMILES string of the molecule is CCOCCCNC(=O)c1cc(S(=O)(=O)NC(C)(C)C)ccc1Br. The molecule has 0 saturated heterocycles. The summed E-state index contributed by atoms with van der Waals surface area (Å²) < 4.78 is 33.1. The van der Waals surface area contributed by atoms with E-state index in [1.165, 1.54) is 12.1 Å². The molecule has 0 aliphatic heterocycles. The normalized spacial score (nSPS) is 12.2. The summed E-state index contributed by atoms with van der Waals surface area (Å²) in [4.78, 5) is 12.3. The minimum absolute atomic E-state index is 0.0556. The molecule has 2 N–H and O–H groups in total. The highest BCUT2D eigenvalue weighted by molar-refractivity contribution is 9.10. The average molecular weight is 421 g/mol. The van der Waals surface area contributed by atoms with Crippen molar-refractivity contribution >= 4 is 31.9 Å². The third-order valence-electron chi connectivity index (χ3n) is 2.89. The van der Waals surface area contributed by atoms with E-state index in [1.54, 1.807) is 26.8 Å². The second-order valence-electron chi connectivity index (χ2n) is 6.30. The lowest BCUT2D eigenvalue weighted by molar-refractivity contribution is 0.0943. The zero-order chi connectivity index (χ0) is 18.4. The smallest absolute Gasteiger partial charge is 0.252 e. The fourth-order valence-electron chi connectivity index (χ4n) is 1.92. The van der Waals surface area contributed by atoms with Crippen LogP contribution in [0.5, 0.6) is 0 Å². The van der Waals surface area contributed by atoms with Crippen LogP contribution in [0.1, 0.15) is 44.5 Å². The van der Waals surface area contributed by atoms with Crippen molar-refractivity contribution in [1.29, 1.82) is 0 Å². The van der Waals surface area contributed by atoms with Gasteiger partial charge in [0, 0.05) is 29.8 Å². The molecule has 0 radical (unpaired) electrons. The first kappa shape index (κ1) is 21.1. The van der Waals surface area contributed by atoms with Crippen molar-refractivity contribution < 1.29 is 17.9 Å². The van der Waals surface area contributed by atoms with Crippen LogP contribution >= 0.6 is 15.9 Å². The monoisotopic (exact) mass is 420 g/mol. The lowest BCUT2D eigenvalue weighted by atomic mass is 10.1. The number of hydrogen-bond donors (Lipinski definition) is 2. The molecule has 0 aromatic heterocycles. The highest BCUT2D eigenvalue weighted by atomic mass is 79.9. The maximum atomic E-state index is 12.4. The summed E-state index contributed by atoms with van der Waals surface area (Å²) in [5.41, 5.74) is -0.323. The molecule has 0 fully saturated rings. The lowest BCUT2D eigenvalue weighted by Gasteiger charge is -2.20. The van der Waals surface area contributed by atoms with Crippen molar-refractivity contribution in [1.82, 2.24) is 10.0 Å². The Bertz CT molecular complexity index is 669. The van der Waals surface area contributed by atoms with Crippen molar-refractivity contribution in [2.45, 2.75) is 44.6 Å². The topological polar surface area (TPSA) is 84.5 Å². The Morgan fingerprint density at radius 1 is 1.29 bits per heavy atom. The van der Waals surface area contributed by atoms with E-state index in [0.29, 0.717) is 30.7 Å². The predicted molar refractivity (Wildman–Crippen MR) is 97.7 cm³/mol. The van der Waals surface area contributed by atoms with E-state index in [9.17, 15) is 13.2 Å². The number of nitrogens with one attached hydrogen (secondary N) is 2. The molecule has 1 amide bonds. The van der Waals surface area contributed by atoms with Gasteiger partial charge in [-0.05, 0) is 68.2 Å². The van der Waals surface area contributed by atoms with Gasteiger partial charge in [0.2, 0.25) is 10.0 Å². The summed E-state index contributed by atoms with van der Waals surface area (Å²) in [6.07, 6.45) is 0.695. The summed E-state index contributed by atoms with van der Waals surface area (Å²) in [5, 5.41) is 2.76. The van der Waals surface area contributed by atoms with Gasteiger partial charge < -0.3 is 10.1 Å². The number of hydrogen-bond acceptors (Lipinski definition) is 4. The number of ether oxygens (including phenoxy) is 1. The zero-order valence-electron chi connectivity index (χ0n) is 14.5. The van der Waals surface area contributed by atoms with Gasteiger partial charge in [-0.15, -0.1) is 0 Å². The number of amides is 1. The third kappa shape index (κ3) is 6.88. The summed E-state index contributed by atoms with van der Waals surface area (Å²) in [7, 11) is -3.69. The number of rotatable bonds is 8. The molecule has 0 bridgehead atoms. The lowest BCUT2D eigenvalue weighted by Crippen LogP contribution is -2.40. The molecule has 0 atom stereocenters. The van der Waals surface area contributed by atoms with Gasteiger partial charge in [-0.1, -0.05) is 0 Å². The second-order valence-corrected chi connectivity index (χ2v) is 8.84. The van der Waals surface area contributed by atoms with E-state index in [1.807, 2.05) is 6.92 Å². The minimum Gasteiger partial charge on any atom is -0.382 e. The molecule has 136 valence electrons. The molecule has 0 saturated carbocycles. The highest BCUT2D eigenvalue weighted by Crippen LogP contribution is 2.22. The Kier molecular flexibility index (Phi) is 7.85. The Morgan fingerprint density at radius 3 is 2.54 bits per heavy atom. The summed E-state index contributed by atoms with van der Waals surface area (Å²) >= 11 is 3.29. The molecule has 0 spiro atoms. The van der Waals surface area contributed by atoms with Crippen LogP contribution in [-0.4, -0.2) is 39.6 Å². The number of halogens is 1. The van der Waals surface area contributed by atoms with Gasteiger partial charge in [0.25, 0.3) is 5.91 Å². The Labute approximate surface area is 152 Å². The van der Waals surface area contributed by atoms with Crippen LogP contribution < -0.4 is 10.0 Å². The molecular formula is C16H25BrN2O4S. The van der Waals surface area contributed by atoms with Gasteiger partial charge in [-0.2, -0.15) is 0 Å². The predicted octanol–water partition coefficient (Wildman–Crippen LogP) is 2.68. The van der Waals surface area contributed by atoms with Crippen LogP contribution in [0.25, 0.3) is 0 Å². The molecule has 6 nitrogen and oxygen atoms in total. The van der Waals surface area contributed by atoms with Crippen LogP contribution in [-0.2, 0) is 14.8 Å². The quantitative estimate of drug-likeness (QED) is 0.633. The van der Waals surface area contributed by atoms with Gasteiger partial charge in [-0.25, -0.2) is 13.1 Å². The van der Waals surface area contributed by atoms with Crippen molar-refractivity contribution in [3.8, 4) is 0 Å². The van der Waals surface area contributed by atoms with Gasteiger partial charge in [0.05, 0.1) is 10.5 Å². The number of benzene rings is 1. The first-order valence-electron chi connectivity index (χ1n) is 7.76. The van der Waals surface area contributed by atoms with E-state index in [2.05, 4.69) is 26.0 Å². The zero-order valence-corrected chi connectivity index (χ0v) is 16.9. The largest absolute Gasteiger partial charge is 0.382 e. The standard InChI is InChI=1S/C16H25BrN2O4S/c1-5-23-10-6-9-18-15(20)13-11-12(7-8-14(13)17)24(21,22)19-16(2,3)4/h7-8,11,19H,5-6,9-10H2,1-4H3,(H,18,20). The summed E-state index contributed by atoms with van der Waals surface area (Å²) in [6.45, 7) is 8.86. The number of carbonyl (C=O) groups is 1. The van der Waals surface area contributed by atoms with Crippen LogP contribution in [0.3, 0.4) is 0 Å². The maximum Gasteiger partial charge on any atom is 0.252 e. The Balaban J connectivity index is 2.88. The Hall–Kier alpha value is -0.960. The second kappa shape index (κ2) is 8.94. The van der Waals surface area contributed by atoms with Crippen molar-refractivity contribution in [2.75, 3.05) is 19.8 Å². The van der Waals surface area contributed by atoms with Gasteiger partial charge in [0.1, 0.15) is 0 Å². The molecular weight excluding hydrogens is 396 g/mol. The summed E-state index contributed by atoms with van der Waals surface area (Å²) in [6, 6.07) is 4.40. The molecule has 1 aromatic carbocycles. The Morgan fingerprint density at radius 2 is 1.96 bits per heavy atom. The van der Waals surface area contributed by atoms with E-state index < -0.39 is 15.6 Å². The molecule has 1 aromatic rings. The van der Waals surface area contributed by atoms with Crippen LogP contribution in [0, 0.1) is 0 Å². The fourth-order valence-corrected chi connectivity index (χ4v) is 3.79. The molecule has 1 rings (SSSR count). The van der Waals surface area contributed by atoms with Crippen molar-refractivity contribution in [3.05, 3.63) is 28.2 Å². The molecule has 0 heterocycles. The molecule has 0 aliphatic carbocycles. The first-order chi connectivity index (χ1) is 11.1. The summed E-state index contributed by atoms with van der Waals surface area (Å²) in [5.74, 6) is -0.328. The van der Waals surface area contributed by atoms with Gasteiger partial charge in [0.15, 0.2) is 0 Å². The number of sulfonamides is 1. The van der Waals surface area contributed by atoms with E-state index in [0.717, 1.165) is 0 Å². The molecule has 24 heavy (non-hydrogen) atoms. The van der Waals surface area contributed by atoms with Gasteiger partial charge in [-0.3, -0.25) is 4.79 Å². The molecule has 0 aliphatic rings. The van der Waals surface area contributed by atoms with Crippen LogP contribution in [0.2, 0.25) is 0 Å². The fraction of sp³-hybridized carbons (Fsp3) is 0.562. The van der Waals surface area contributed by atoms with Crippen molar-refractivity contribution in [2.24, 2.45) is 0 Å². The van der Waals surface area contributed by atoms with E-state index in [4.69, 9.17) is 4.74 Å². The molecule has 8 heteroatoms. The number of carbonyl (C=O) groups excluding carboxylic acids is 1. The first-order valence-corrected chi connectivity index (χ1v) is 10.0. The van der Waals surface area contributed by atoms with Crippen molar-refractivity contribution in [3.63, 3.8) is 0 Å². The van der Waals surface area contributed by atoms with E-state index in [-0.39, 0.29) is 16.4 Å². The third-order valence-corrected chi connectivity index (χ3v) is 5.34. The van der Waals surface area contributed by atoms with Crippen LogP contribution in [0.4, 0.5) is 0 Å². The average Bonchev–Trinajstić information content (AvgIpc) is 2.44. The van der Waals surface area contributed by atoms with Crippen LogP contribution in [0.15, 0.2) is 27.6 Å². The maximum absolute atomic E-state index is 12.4. The highest BCUT2D eigenvalue weighted by Gasteiger charge is 2.23. The van der Waals surface area contributed by atoms with E-state index >= 15 is 0 Å².